The molecule has 0 fully saturated rings. The Hall–Kier alpha value is -2.44. The molecule has 0 aromatic carbocycles. The molecule has 0 radical (unpaired) electrons. The van der Waals surface area contributed by atoms with Crippen LogP contribution in [0.2, 0.25) is 0 Å². The molecule has 18 heavy (non-hydrogen) atoms. The maximum atomic E-state index is 11.6. The number of nitrogens with zero attached hydrogens (tertiary/aromatic N) is 3. The quantitative estimate of drug-likeness (QED) is 0.759. The van der Waals surface area contributed by atoms with Gasteiger partial charge in [-0.15, -0.1) is 0 Å². The highest BCUT2D eigenvalue weighted by Crippen LogP contribution is 2.09. The maximum absolute atomic E-state index is 11.6. The lowest BCUT2D eigenvalue weighted by atomic mass is 10.3. The number of aromatic hydroxyl groups is 1. The van der Waals surface area contributed by atoms with E-state index in [1.807, 2.05) is 0 Å². The molecule has 0 aliphatic heterocycles. The summed E-state index contributed by atoms with van der Waals surface area (Å²) in [6, 6.07) is 0. The van der Waals surface area contributed by atoms with Gasteiger partial charge in [-0.3, -0.25) is 24.3 Å². The van der Waals surface area contributed by atoms with Gasteiger partial charge in [-0.05, 0) is 13.8 Å². The first kappa shape index (κ1) is 12.0. The van der Waals surface area contributed by atoms with Crippen LogP contribution in [0.1, 0.15) is 17.0 Å². The second kappa shape index (κ2) is 4.44. The molecule has 0 bridgehead atoms. The molecule has 2 N–H and O–H groups in total. The molecular formula is C11H12N4O3. The summed E-state index contributed by atoms with van der Waals surface area (Å²) in [7, 11) is 0. The number of hydrogen-bond acceptors (Lipinski definition) is 5. The van der Waals surface area contributed by atoms with Crippen LogP contribution in [0.15, 0.2) is 22.0 Å². The molecule has 7 heteroatoms. The lowest BCUT2D eigenvalue weighted by molar-refractivity contribution is 0.403. The van der Waals surface area contributed by atoms with E-state index in [9.17, 15) is 14.7 Å². The molecule has 0 saturated heterocycles. The fourth-order valence-electron chi connectivity index (χ4n) is 1.47. The summed E-state index contributed by atoms with van der Waals surface area (Å²) in [6.45, 7) is 3.28. The van der Waals surface area contributed by atoms with Crippen molar-refractivity contribution in [2.45, 2.75) is 20.4 Å². The molecule has 2 aromatic rings. The van der Waals surface area contributed by atoms with Crippen LogP contribution in [0.3, 0.4) is 0 Å². The standard InChI is InChI=1S/C11H12N4O3/c1-6-3-13-8(4-12-6)5-15-10(17)7(2)9(16)14-11(15)18/h3-4,17H,5H2,1-2H3,(H,14,16,18). The molecule has 0 unspecified atom stereocenters. The summed E-state index contributed by atoms with van der Waals surface area (Å²) < 4.78 is 1.04. The van der Waals surface area contributed by atoms with Crippen LogP contribution >= 0.6 is 0 Å². The van der Waals surface area contributed by atoms with E-state index in [-0.39, 0.29) is 18.0 Å². The summed E-state index contributed by atoms with van der Waals surface area (Å²) in [5, 5.41) is 9.77. The number of aromatic amines is 1. The monoisotopic (exact) mass is 248 g/mol. The largest absolute Gasteiger partial charge is 0.494 e. The smallest absolute Gasteiger partial charge is 0.331 e. The van der Waals surface area contributed by atoms with Crippen LogP contribution in [0.25, 0.3) is 0 Å². The van der Waals surface area contributed by atoms with E-state index in [4.69, 9.17) is 0 Å². The average molecular weight is 248 g/mol. The van der Waals surface area contributed by atoms with Crippen LogP contribution in [-0.2, 0) is 6.54 Å². The minimum absolute atomic E-state index is 0.0512. The van der Waals surface area contributed by atoms with Gasteiger partial charge in [0, 0.05) is 6.20 Å². The van der Waals surface area contributed by atoms with E-state index >= 15 is 0 Å². The Labute approximate surface area is 102 Å². The Morgan fingerprint density at radius 2 is 2.00 bits per heavy atom. The van der Waals surface area contributed by atoms with Gasteiger partial charge in [0.05, 0.1) is 29.7 Å². The highest BCUT2D eigenvalue weighted by Gasteiger charge is 2.11. The molecule has 0 spiro atoms. The summed E-state index contributed by atoms with van der Waals surface area (Å²) in [4.78, 5) is 33.1. The Balaban J connectivity index is 2.47. The van der Waals surface area contributed by atoms with Crippen LogP contribution in [0.4, 0.5) is 0 Å². The third kappa shape index (κ3) is 2.15. The highest BCUT2D eigenvalue weighted by atomic mass is 16.3. The van der Waals surface area contributed by atoms with Crippen LogP contribution in [-0.4, -0.2) is 24.6 Å². The molecule has 0 amide bonds. The molecule has 2 heterocycles. The van der Waals surface area contributed by atoms with E-state index in [1.165, 1.54) is 13.1 Å². The Morgan fingerprint density at radius 1 is 1.28 bits per heavy atom. The number of aromatic nitrogens is 4. The van der Waals surface area contributed by atoms with Crippen molar-refractivity contribution in [1.29, 1.82) is 0 Å². The second-order valence-corrected chi connectivity index (χ2v) is 3.94. The van der Waals surface area contributed by atoms with Gasteiger partial charge >= 0.3 is 5.69 Å². The van der Waals surface area contributed by atoms with Gasteiger partial charge in [0.15, 0.2) is 0 Å². The fourth-order valence-corrected chi connectivity index (χ4v) is 1.47. The Morgan fingerprint density at radius 3 is 2.61 bits per heavy atom. The first-order chi connectivity index (χ1) is 8.49. The zero-order valence-electron chi connectivity index (χ0n) is 9.97. The van der Waals surface area contributed by atoms with Gasteiger partial charge in [0.2, 0.25) is 5.88 Å². The molecule has 2 aromatic heterocycles. The van der Waals surface area contributed by atoms with Crippen molar-refractivity contribution in [3.8, 4) is 5.88 Å². The van der Waals surface area contributed by atoms with E-state index in [0.717, 1.165) is 10.3 Å². The Kier molecular flexibility index (Phi) is 2.97. The van der Waals surface area contributed by atoms with Crippen LogP contribution < -0.4 is 11.2 Å². The SMILES string of the molecule is Cc1cnc(Cn2c(O)c(C)c(=O)[nH]c2=O)cn1. The molecule has 0 aliphatic rings. The van der Waals surface area contributed by atoms with Gasteiger partial charge in [-0.2, -0.15) is 0 Å². The molecule has 0 atom stereocenters. The lowest BCUT2D eigenvalue weighted by Crippen LogP contribution is -2.31. The van der Waals surface area contributed by atoms with Crippen molar-refractivity contribution < 1.29 is 5.11 Å². The third-order valence-electron chi connectivity index (χ3n) is 2.55. The Bertz CT molecular complexity index is 685. The van der Waals surface area contributed by atoms with E-state index < -0.39 is 11.2 Å². The van der Waals surface area contributed by atoms with Crippen molar-refractivity contribution in [2.24, 2.45) is 0 Å². The van der Waals surface area contributed by atoms with Crippen molar-refractivity contribution in [3.05, 3.63) is 50.2 Å². The lowest BCUT2D eigenvalue weighted by Gasteiger charge is -2.08. The topological polar surface area (TPSA) is 101 Å². The molecule has 2 rings (SSSR count). The maximum Gasteiger partial charge on any atom is 0.331 e. The highest BCUT2D eigenvalue weighted by molar-refractivity contribution is 5.21. The number of hydrogen-bond donors (Lipinski definition) is 2. The minimum atomic E-state index is -0.675. The second-order valence-electron chi connectivity index (χ2n) is 3.94. The molecule has 0 aliphatic carbocycles. The number of H-pyrrole nitrogens is 1. The number of rotatable bonds is 2. The van der Waals surface area contributed by atoms with Gasteiger partial charge in [-0.25, -0.2) is 4.79 Å². The van der Waals surface area contributed by atoms with Gasteiger partial charge in [0.1, 0.15) is 0 Å². The number of nitrogens with one attached hydrogen (secondary N) is 1. The predicted octanol–water partition coefficient (Wildman–Crippen LogP) is -0.303. The van der Waals surface area contributed by atoms with Crippen molar-refractivity contribution in [1.82, 2.24) is 19.5 Å². The fraction of sp³-hybridized carbons (Fsp3) is 0.273. The summed E-state index contributed by atoms with van der Waals surface area (Å²) >= 11 is 0. The molecule has 0 saturated carbocycles. The first-order valence-electron chi connectivity index (χ1n) is 5.29. The normalized spacial score (nSPS) is 10.6. The molecule has 7 nitrogen and oxygen atoms in total. The first-order valence-corrected chi connectivity index (χ1v) is 5.29. The summed E-state index contributed by atoms with van der Waals surface area (Å²) in [5.41, 5.74) is 0.0984. The van der Waals surface area contributed by atoms with Gasteiger partial charge < -0.3 is 5.11 Å². The van der Waals surface area contributed by atoms with Gasteiger partial charge in [-0.1, -0.05) is 0 Å². The number of aryl methyl sites for hydroxylation is 1. The minimum Gasteiger partial charge on any atom is -0.494 e. The average Bonchev–Trinajstić information content (AvgIpc) is 2.34. The summed E-state index contributed by atoms with van der Waals surface area (Å²) in [5.74, 6) is -0.355. The zero-order valence-corrected chi connectivity index (χ0v) is 9.97. The van der Waals surface area contributed by atoms with E-state index in [1.54, 1.807) is 13.1 Å². The summed E-state index contributed by atoms with van der Waals surface area (Å²) in [6.07, 6.45) is 3.08. The van der Waals surface area contributed by atoms with E-state index in [0.29, 0.717) is 5.69 Å². The van der Waals surface area contributed by atoms with Crippen molar-refractivity contribution in [3.63, 3.8) is 0 Å². The van der Waals surface area contributed by atoms with Gasteiger partial charge in [0.25, 0.3) is 5.56 Å². The van der Waals surface area contributed by atoms with E-state index in [2.05, 4.69) is 15.0 Å². The van der Waals surface area contributed by atoms with Crippen LogP contribution in [0.5, 0.6) is 5.88 Å². The molecular weight excluding hydrogens is 236 g/mol. The zero-order chi connectivity index (χ0) is 13.3. The molecule has 94 valence electrons. The predicted molar refractivity (Wildman–Crippen MR) is 63.6 cm³/mol. The van der Waals surface area contributed by atoms with Crippen LogP contribution in [0, 0.1) is 13.8 Å². The van der Waals surface area contributed by atoms with Crippen molar-refractivity contribution in [2.75, 3.05) is 0 Å². The third-order valence-corrected chi connectivity index (χ3v) is 2.55. The van der Waals surface area contributed by atoms with Crippen molar-refractivity contribution >= 4 is 0 Å².